The Morgan fingerprint density at radius 3 is 1.42 bits per heavy atom. The van der Waals surface area contributed by atoms with Crippen molar-refractivity contribution in [3.05, 3.63) is 116 Å². The molecule has 6 rings (SSSR count). The van der Waals surface area contributed by atoms with E-state index in [9.17, 15) is 0 Å². The van der Waals surface area contributed by atoms with Crippen LogP contribution in [-0.2, 0) is 0 Å². The molecule has 0 amide bonds. The van der Waals surface area contributed by atoms with Gasteiger partial charge in [0.05, 0.1) is 5.69 Å². The normalized spacial score (nSPS) is 10.8. The zero-order valence-corrected chi connectivity index (χ0v) is 19.1. The van der Waals surface area contributed by atoms with Gasteiger partial charge in [-0.05, 0) is 30.3 Å². The van der Waals surface area contributed by atoms with Crippen molar-refractivity contribution in [1.82, 2.24) is 34.9 Å². The van der Waals surface area contributed by atoms with Crippen molar-refractivity contribution < 1.29 is 0 Å². The molecule has 170 valence electrons. The second-order valence-electron chi connectivity index (χ2n) is 7.98. The zero-order chi connectivity index (χ0) is 24.2. The summed E-state index contributed by atoms with van der Waals surface area (Å²) in [5.41, 5.74) is 4.78. The third-order valence-corrected chi connectivity index (χ3v) is 5.53. The van der Waals surface area contributed by atoms with Crippen molar-refractivity contribution in [3.63, 3.8) is 0 Å². The Kier molecular flexibility index (Phi) is 5.70. The second kappa shape index (κ2) is 9.60. The highest BCUT2D eigenvalue weighted by Crippen LogP contribution is 2.28. The molecule has 36 heavy (non-hydrogen) atoms. The highest BCUT2D eigenvalue weighted by molar-refractivity contribution is 5.71. The molecule has 4 aromatic heterocycles. The van der Waals surface area contributed by atoms with E-state index in [1.54, 1.807) is 24.8 Å². The Balaban J connectivity index is 1.58. The van der Waals surface area contributed by atoms with E-state index in [-0.39, 0.29) is 0 Å². The topological polar surface area (TPSA) is 90.2 Å². The first-order valence-corrected chi connectivity index (χ1v) is 11.4. The van der Waals surface area contributed by atoms with Crippen molar-refractivity contribution in [2.75, 3.05) is 0 Å². The molecule has 0 N–H and O–H groups in total. The first kappa shape index (κ1) is 21.4. The molecule has 0 bridgehead atoms. The summed E-state index contributed by atoms with van der Waals surface area (Å²) in [7, 11) is 0. The summed E-state index contributed by atoms with van der Waals surface area (Å²) in [6, 6.07) is 29.2. The van der Waals surface area contributed by atoms with Gasteiger partial charge in [-0.15, -0.1) is 0 Å². The van der Waals surface area contributed by atoms with Crippen molar-refractivity contribution in [2.24, 2.45) is 0 Å². The van der Waals surface area contributed by atoms with Gasteiger partial charge in [-0.1, -0.05) is 60.7 Å². The molecule has 0 saturated carbocycles. The number of pyridine rings is 2. The lowest BCUT2D eigenvalue weighted by atomic mass is 10.1. The smallest absolute Gasteiger partial charge is 0.182 e. The maximum atomic E-state index is 4.87. The summed E-state index contributed by atoms with van der Waals surface area (Å²) in [6.07, 6.45) is 6.98. The predicted octanol–water partition coefficient (Wildman–Crippen LogP) is 5.79. The molecule has 0 atom stereocenters. The van der Waals surface area contributed by atoms with E-state index in [4.69, 9.17) is 24.9 Å². The van der Waals surface area contributed by atoms with Gasteiger partial charge in [0.2, 0.25) is 0 Å². The van der Waals surface area contributed by atoms with Gasteiger partial charge < -0.3 is 0 Å². The van der Waals surface area contributed by atoms with Crippen LogP contribution in [0.3, 0.4) is 0 Å². The quantitative estimate of drug-likeness (QED) is 0.318. The van der Waals surface area contributed by atoms with Crippen LogP contribution in [-0.4, -0.2) is 34.9 Å². The van der Waals surface area contributed by atoms with E-state index in [1.165, 1.54) is 0 Å². The van der Waals surface area contributed by atoms with Gasteiger partial charge in [-0.2, -0.15) is 0 Å². The lowest BCUT2D eigenvalue weighted by molar-refractivity contribution is 1.05. The Hall–Kier alpha value is -5.17. The molecule has 0 fully saturated rings. The average molecular weight is 466 g/mol. The van der Waals surface area contributed by atoms with Gasteiger partial charge in [0.15, 0.2) is 23.3 Å². The molecule has 0 aliphatic carbocycles. The molecular weight excluding hydrogens is 446 g/mol. The number of aromatic nitrogens is 7. The zero-order valence-electron chi connectivity index (χ0n) is 19.1. The van der Waals surface area contributed by atoms with Crippen LogP contribution in [0.15, 0.2) is 116 Å². The number of nitrogens with zero attached hydrogens (tertiary/aromatic N) is 7. The summed E-state index contributed by atoms with van der Waals surface area (Å²) < 4.78 is 0. The molecule has 0 spiro atoms. The summed E-state index contributed by atoms with van der Waals surface area (Å²) in [4.78, 5) is 32.6. The van der Waals surface area contributed by atoms with Crippen molar-refractivity contribution in [2.45, 2.75) is 0 Å². The van der Waals surface area contributed by atoms with Crippen LogP contribution in [0.2, 0.25) is 0 Å². The maximum absolute atomic E-state index is 4.87. The molecule has 0 aliphatic heterocycles. The van der Waals surface area contributed by atoms with E-state index < -0.39 is 0 Å². The standard InChI is InChI=1S/C29H19N7/c1-3-9-20(10-4-1)26-32-24(22-13-7-15-30-18-22)17-25(33-26)29-35-27(21-11-5-2-6-12-21)34-28(36-29)23-14-8-16-31-19-23/h1-19H. The van der Waals surface area contributed by atoms with Crippen LogP contribution in [0.25, 0.3) is 56.9 Å². The summed E-state index contributed by atoms with van der Waals surface area (Å²) in [5, 5.41) is 0. The second-order valence-corrected chi connectivity index (χ2v) is 7.98. The highest BCUT2D eigenvalue weighted by atomic mass is 15.1. The van der Waals surface area contributed by atoms with Crippen LogP contribution in [0.1, 0.15) is 0 Å². The maximum Gasteiger partial charge on any atom is 0.182 e. The minimum atomic E-state index is 0.451. The molecular formula is C29H19N7. The third-order valence-electron chi connectivity index (χ3n) is 5.53. The monoisotopic (exact) mass is 465 g/mol. The van der Waals surface area contributed by atoms with Crippen LogP contribution >= 0.6 is 0 Å². The largest absolute Gasteiger partial charge is 0.264 e. The molecule has 6 aromatic rings. The molecule has 0 aliphatic rings. The molecule has 0 unspecified atom stereocenters. The summed E-state index contributed by atoms with van der Waals surface area (Å²) >= 11 is 0. The molecule has 0 radical (unpaired) electrons. The third kappa shape index (κ3) is 4.45. The van der Waals surface area contributed by atoms with E-state index in [0.717, 1.165) is 27.9 Å². The Morgan fingerprint density at radius 1 is 0.361 bits per heavy atom. The molecule has 2 aromatic carbocycles. The molecule has 7 heteroatoms. The van der Waals surface area contributed by atoms with Crippen molar-refractivity contribution >= 4 is 0 Å². The number of benzene rings is 2. The molecule has 7 nitrogen and oxygen atoms in total. The van der Waals surface area contributed by atoms with E-state index in [1.807, 2.05) is 91.0 Å². The summed E-state index contributed by atoms with van der Waals surface area (Å²) in [6.45, 7) is 0. The first-order chi connectivity index (χ1) is 17.8. The fraction of sp³-hybridized carbons (Fsp3) is 0. The average Bonchev–Trinajstić information content (AvgIpc) is 2.98. The van der Waals surface area contributed by atoms with Crippen LogP contribution in [0.5, 0.6) is 0 Å². The highest BCUT2D eigenvalue weighted by Gasteiger charge is 2.16. The van der Waals surface area contributed by atoms with E-state index >= 15 is 0 Å². The first-order valence-electron chi connectivity index (χ1n) is 11.4. The Labute approximate surface area is 207 Å². The van der Waals surface area contributed by atoms with Crippen molar-refractivity contribution in [1.29, 1.82) is 0 Å². The van der Waals surface area contributed by atoms with E-state index in [2.05, 4.69) is 9.97 Å². The predicted molar refractivity (Wildman–Crippen MR) is 138 cm³/mol. The van der Waals surface area contributed by atoms with Gasteiger partial charge in [0.1, 0.15) is 5.69 Å². The fourth-order valence-electron chi connectivity index (χ4n) is 3.77. The minimum absolute atomic E-state index is 0.451. The van der Waals surface area contributed by atoms with Crippen LogP contribution in [0.4, 0.5) is 0 Å². The van der Waals surface area contributed by atoms with Gasteiger partial charge >= 0.3 is 0 Å². The fourth-order valence-corrected chi connectivity index (χ4v) is 3.77. The lowest BCUT2D eigenvalue weighted by Gasteiger charge is -2.10. The number of hydrogen-bond donors (Lipinski definition) is 0. The lowest BCUT2D eigenvalue weighted by Crippen LogP contribution is -2.03. The molecule has 0 saturated heterocycles. The Bertz CT molecular complexity index is 1370. The van der Waals surface area contributed by atoms with Crippen molar-refractivity contribution in [3.8, 4) is 56.9 Å². The number of rotatable bonds is 5. The van der Waals surface area contributed by atoms with Gasteiger partial charge in [0.25, 0.3) is 0 Å². The minimum Gasteiger partial charge on any atom is -0.264 e. The van der Waals surface area contributed by atoms with Gasteiger partial charge in [-0.25, -0.2) is 24.9 Å². The van der Waals surface area contributed by atoms with Crippen LogP contribution < -0.4 is 0 Å². The molecule has 4 heterocycles. The Morgan fingerprint density at radius 2 is 0.833 bits per heavy atom. The van der Waals surface area contributed by atoms with Crippen LogP contribution in [0, 0.1) is 0 Å². The van der Waals surface area contributed by atoms with E-state index in [0.29, 0.717) is 29.0 Å². The summed E-state index contributed by atoms with van der Waals surface area (Å²) in [5.74, 6) is 2.11. The van der Waals surface area contributed by atoms with Gasteiger partial charge in [0, 0.05) is 47.0 Å². The number of hydrogen-bond acceptors (Lipinski definition) is 7. The van der Waals surface area contributed by atoms with Gasteiger partial charge in [-0.3, -0.25) is 9.97 Å². The SMILES string of the molecule is c1ccc(-c2nc(-c3cccnc3)cc(-c3nc(-c4ccccc4)nc(-c4cccnc4)n3)n2)cc1.